The molecule has 0 bridgehead atoms. The Morgan fingerprint density at radius 2 is 1.57 bits per heavy atom. The van der Waals surface area contributed by atoms with E-state index in [-0.39, 0.29) is 5.82 Å². The molecule has 0 atom stereocenters. The van der Waals surface area contributed by atoms with E-state index in [1.165, 1.54) is 6.07 Å². The van der Waals surface area contributed by atoms with Crippen LogP contribution in [0, 0.1) is 5.82 Å². The maximum Gasteiger partial charge on any atom is 0.137 e. The second-order valence-electron chi connectivity index (χ2n) is 4.74. The van der Waals surface area contributed by atoms with Crippen LogP contribution in [0.5, 0.6) is 0 Å². The van der Waals surface area contributed by atoms with Crippen LogP contribution < -0.4 is 5.32 Å². The molecule has 4 heteroatoms. The molecule has 0 aliphatic heterocycles. The predicted octanol–water partition coefficient (Wildman–Crippen LogP) is 6.12. The zero-order valence-electron chi connectivity index (χ0n) is 11.0. The van der Waals surface area contributed by atoms with Gasteiger partial charge in [0.1, 0.15) is 5.82 Å². The Labute approximate surface area is 139 Å². The third-order valence-corrected chi connectivity index (χ3v) is 4.67. The van der Waals surface area contributed by atoms with Gasteiger partial charge in [0.05, 0.1) is 4.47 Å². The minimum atomic E-state index is -0.241. The van der Waals surface area contributed by atoms with E-state index in [1.54, 1.807) is 6.07 Å². The maximum absolute atomic E-state index is 13.5. The molecule has 0 saturated heterocycles. The minimum absolute atomic E-state index is 0.241. The first-order valence-corrected chi connectivity index (χ1v) is 8.09. The molecular weight excluding hydrogens is 397 g/mol. The first kappa shape index (κ1) is 14.5. The van der Waals surface area contributed by atoms with Gasteiger partial charge in [0, 0.05) is 22.1 Å². The van der Waals surface area contributed by atoms with E-state index in [0.29, 0.717) is 11.0 Å². The molecule has 21 heavy (non-hydrogen) atoms. The molecule has 0 heterocycles. The van der Waals surface area contributed by atoms with Crippen LogP contribution in [0.3, 0.4) is 0 Å². The SMILES string of the molecule is Fc1cc(CNc2ccc(Br)c3ccccc23)ccc1Br. The summed E-state index contributed by atoms with van der Waals surface area (Å²) >= 11 is 6.73. The van der Waals surface area contributed by atoms with Crippen LogP contribution in [0.25, 0.3) is 10.8 Å². The lowest BCUT2D eigenvalue weighted by Crippen LogP contribution is -2.00. The molecule has 0 radical (unpaired) electrons. The second kappa shape index (κ2) is 6.16. The molecule has 0 fully saturated rings. The molecule has 0 spiro atoms. The van der Waals surface area contributed by atoms with Gasteiger partial charge in [-0.2, -0.15) is 0 Å². The van der Waals surface area contributed by atoms with Gasteiger partial charge >= 0.3 is 0 Å². The third kappa shape index (κ3) is 3.11. The Kier molecular flexibility index (Phi) is 4.27. The highest BCUT2D eigenvalue weighted by molar-refractivity contribution is 9.11. The van der Waals surface area contributed by atoms with Crippen molar-refractivity contribution in [2.45, 2.75) is 6.54 Å². The molecule has 3 aromatic carbocycles. The summed E-state index contributed by atoms with van der Waals surface area (Å²) in [4.78, 5) is 0. The monoisotopic (exact) mass is 407 g/mol. The van der Waals surface area contributed by atoms with Crippen LogP contribution in [0.2, 0.25) is 0 Å². The molecule has 0 aliphatic rings. The van der Waals surface area contributed by atoms with Crippen molar-refractivity contribution in [3.05, 3.63) is 74.9 Å². The highest BCUT2D eigenvalue weighted by atomic mass is 79.9. The Bertz CT molecular complexity index is 802. The Balaban J connectivity index is 1.88. The number of benzene rings is 3. The smallest absolute Gasteiger partial charge is 0.137 e. The summed E-state index contributed by atoms with van der Waals surface area (Å²) in [6.45, 7) is 0.579. The van der Waals surface area contributed by atoms with Crippen LogP contribution >= 0.6 is 31.9 Å². The lowest BCUT2D eigenvalue weighted by Gasteiger charge is -2.11. The number of fused-ring (bicyclic) bond motifs is 1. The molecular formula is C17H12Br2FN. The highest BCUT2D eigenvalue weighted by Gasteiger charge is 2.05. The summed E-state index contributed by atoms with van der Waals surface area (Å²) in [6, 6.07) is 17.4. The van der Waals surface area contributed by atoms with Crippen molar-refractivity contribution in [3.63, 3.8) is 0 Å². The van der Waals surface area contributed by atoms with E-state index in [2.05, 4.69) is 49.3 Å². The van der Waals surface area contributed by atoms with Gasteiger partial charge in [0.15, 0.2) is 0 Å². The average Bonchev–Trinajstić information content (AvgIpc) is 2.50. The first-order chi connectivity index (χ1) is 10.1. The molecule has 0 aromatic heterocycles. The largest absolute Gasteiger partial charge is 0.380 e. The van der Waals surface area contributed by atoms with E-state index in [0.717, 1.165) is 26.5 Å². The van der Waals surface area contributed by atoms with Gasteiger partial charge < -0.3 is 5.32 Å². The number of hydrogen-bond donors (Lipinski definition) is 1. The molecule has 1 N–H and O–H groups in total. The van der Waals surface area contributed by atoms with Gasteiger partial charge in [-0.1, -0.05) is 46.3 Å². The van der Waals surface area contributed by atoms with Crippen molar-refractivity contribution in [2.24, 2.45) is 0 Å². The summed E-state index contributed by atoms with van der Waals surface area (Å²) in [6.07, 6.45) is 0. The molecule has 3 rings (SSSR count). The topological polar surface area (TPSA) is 12.0 Å². The van der Waals surface area contributed by atoms with Crippen LogP contribution in [0.15, 0.2) is 63.5 Å². The maximum atomic E-state index is 13.5. The molecule has 0 unspecified atom stereocenters. The molecule has 0 amide bonds. The van der Waals surface area contributed by atoms with Crippen molar-refractivity contribution in [3.8, 4) is 0 Å². The molecule has 106 valence electrons. The molecule has 0 saturated carbocycles. The molecule has 0 aliphatic carbocycles. The average molecular weight is 409 g/mol. The number of anilines is 1. The third-order valence-electron chi connectivity index (χ3n) is 3.34. The van der Waals surface area contributed by atoms with Crippen LogP contribution in [-0.4, -0.2) is 0 Å². The van der Waals surface area contributed by atoms with Crippen molar-refractivity contribution in [2.75, 3.05) is 5.32 Å². The molecule has 1 nitrogen and oxygen atoms in total. The number of halogens is 3. The van der Waals surface area contributed by atoms with E-state index in [9.17, 15) is 4.39 Å². The van der Waals surface area contributed by atoms with Crippen molar-refractivity contribution in [1.29, 1.82) is 0 Å². The Morgan fingerprint density at radius 1 is 0.857 bits per heavy atom. The van der Waals surface area contributed by atoms with E-state index < -0.39 is 0 Å². The normalized spacial score (nSPS) is 10.8. The van der Waals surface area contributed by atoms with Crippen molar-refractivity contribution in [1.82, 2.24) is 0 Å². The quantitative estimate of drug-likeness (QED) is 0.550. The minimum Gasteiger partial charge on any atom is -0.380 e. The van der Waals surface area contributed by atoms with Crippen LogP contribution in [-0.2, 0) is 6.54 Å². The zero-order chi connectivity index (χ0) is 14.8. The summed E-state index contributed by atoms with van der Waals surface area (Å²) in [7, 11) is 0. The highest BCUT2D eigenvalue weighted by Crippen LogP contribution is 2.30. The van der Waals surface area contributed by atoms with Gasteiger partial charge in [-0.05, 0) is 51.1 Å². The zero-order valence-corrected chi connectivity index (χ0v) is 14.2. The lowest BCUT2D eigenvalue weighted by atomic mass is 10.1. The number of rotatable bonds is 3. The number of nitrogens with one attached hydrogen (secondary N) is 1. The van der Waals surface area contributed by atoms with Gasteiger partial charge in [-0.15, -0.1) is 0 Å². The van der Waals surface area contributed by atoms with Crippen molar-refractivity contribution < 1.29 is 4.39 Å². The van der Waals surface area contributed by atoms with Gasteiger partial charge in [-0.3, -0.25) is 0 Å². The standard InChI is InChI=1S/C17H12Br2FN/c18-14-7-8-17(13-4-2-1-3-12(13)14)21-10-11-5-6-15(19)16(20)9-11/h1-9,21H,10H2. The van der Waals surface area contributed by atoms with Gasteiger partial charge in [0.25, 0.3) is 0 Å². The summed E-state index contributed by atoms with van der Waals surface area (Å²) in [5, 5.41) is 5.67. The first-order valence-electron chi connectivity index (χ1n) is 6.50. The predicted molar refractivity (Wildman–Crippen MR) is 93.1 cm³/mol. The van der Waals surface area contributed by atoms with E-state index in [4.69, 9.17) is 0 Å². The van der Waals surface area contributed by atoms with Gasteiger partial charge in [0.2, 0.25) is 0 Å². The summed E-state index contributed by atoms with van der Waals surface area (Å²) in [5.41, 5.74) is 1.94. The van der Waals surface area contributed by atoms with E-state index >= 15 is 0 Å². The van der Waals surface area contributed by atoms with Gasteiger partial charge in [-0.25, -0.2) is 4.39 Å². The fourth-order valence-corrected chi connectivity index (χ4v) is 2.99. The van der Waals surface area contributed by atoms with Crippen molar-refractivity contribution >= 4 is 48.3 Å². The Hall–Kier alpha value is -1.39. The second-order valence-corrected chi connectivity index (χ2v) is 6.45. The number of hydrogen-bond acceptors (Lipinski definition) is 1. The fourth-order valence-electron chi connectivity index (χ4n) is 2.26. The van der Waals surface area contributed by atoms with Crippen LogP contribution in [0.4, 0.5) is 10.1 Å². The molecule has 3 aromatic rings. The lowest BCUT2D eigenvalue weighted by molar-refractivity contribution is 0.619. The van der Waals surface area contributed by atoms with Crippen LogP contribution in [0.1, 0.15) is 5.56 Å². The fraction of sp³-hybridized carbons (Fsp3) is 0.0588. The Morgan fingerprint density at radius 3 is 2.33 bits per heavy atom. The van der Waals surface area contributed by atoms with E-state index in [1.807, 2.05) is 30.3 Å². The summed E-state index contributed by atoms with van der Waals surface area (Å²) in [5.74, 6) is -0.241. The summed E-state index contributed by atoms with van der Waals surface area (Å²) < 4.78 is 15.1.